The van der Waals surface area contributed by atoms with Crippen LogP contribution in [-0.2, 0) is 25.5 Å². The maximum Gasteiger partial charge on any atom is 0.336 e. The monoisotopic (exact) mass is 483 g/mol. The third-order valence-corrected chi connectivity index (χ3v) is 9.06. The van der Waals surface area contributed by atoms with E-state index < -0.39 is 0 Å². The van der Waals surface area contributed by atoms with E-state index in [1.165, 1.54) is 9.75 Å². The summed E-state index contributed by atoms with van der Waals surface area (Å²) in [6, 6.07) is 8.33. The maximum atomic E-state index is 13.6. The number of hydrogen-bond acceptors (Lipinski definition) is 7. The highest BCUT2D eigenvalue weighted by atomic mass is 32.1. The molecular formula is C26H29NO4S2. The fraction of sp³-hybridized carbons (Fsp3) is 0.462. The fourth-order valence-corrected chi connectivity index (χ4v) is 6.98. The number of dihydropyridines is 1. The molecule has 2 aromatic rings. The molecule has 4 heterocycles. The third-order valence-electron chi connectivity index (χ3n) is 6.73. The van der Waals surface area contributed by atoms with Gasteiger partial charge in [0.1, 0.15) is 6.61 Å². The van der Waals surface area contributed by atoms with Gasteiger partial charge in [0.15, 0.2) is 5.78 Å². The minimum absolute atomic E-state index is 0.0315. The van der Waals surface area contributed by atoms with Gasteiger partial charge in [-0.25, -0.2) is 4.79 Å². The van der Waals surface area contributed by atoms with Crippen LogP contribution in [0.3, 0.4) is 0 Å². The first-order chi connectivity index (χ1) is 16.0. The number of Topliss-reactive ketones (excluding diaryl/α,β-unsaturated/α-hetero) is 1. The number of carbonyl (C=O) groups is 2. The smallest absolute Gasteiger partial charge is 0.336 e. The van der Waals surface area contributed by atoms with Crippen molar-refractivity contribution in [3.05, 3.63) is 66.8 Å². The summed E-state index contributed by atoms with van der Waals surface area (Å²) in [4.78, 5) is 30.4. The number of ketones is 1. The molecule has 0 aromatic carbocycles. The van der Waals surface area contributed by atoms with Crippen LogP contribution in [0.15, 0.2) is 52.2 Å². The van der Waals surface area contributed by atoms with Crippen LogP contribution < -0.4 is 5.32 Å². The average Bonchev–Trinajstić information content (AvgIpc) is 3.59. The Bertz CT molecular complexity index is 1110. The van der Waals surface area contributed by atoms with Crippen LogP contribution >= 0.6 is 22.7 Å². The van der Waals surface area contributed by atoms with Crippen molar-refractivity contribution in [3.8, 4) is 0 Å². The lowest BCUT2D eigenvalue weighted by atomic mass is 9.74. The van der Waals surface area contributed by atoms with Crippen molar-refractivity contribution >= 4 is 34.4 Å². The van der Waals surface area contributed by atoms with Gasteiger partial charge in [0.2, 0.25) is 0 Å². The fourth-order valence-electron chi connectivity index (χ4n) is 5.08. The summed E-state index contributed by atoms with van der Waals surface area (Å²) in [5.74, 6) is -0.428. The second-order valence-corrected chi connectivity index (χ2v) is 11.1. The summed E-state index contributed by atoms with van der Waals surface area (Å²) < 4.78 is 11.4. The van der Waals surface area contributed by atoms with Gasteiger partial charge in [-0.15, -0.1) is 22.7 Å². The first-order valence-electron chi connectivity index (χ1n) is 11.7. The van der Waals surface area contributed by atoms with Crippen LogP contribution in [0, 0.1) is 0 Å². The van der Waals surface area contributed by atoms with E-state index in [1.807, 2.05) is 13.0 Å². The molecule has 0 amide bonds. The third kappa shape index (κ3) is 4.46. The van der Waals surface area contributed by atoms with Crippen molar-refractivity contribution in [1.82, 2.24) is 5.32 Å². The van der Waals surface area contributed by atoms with Crippen LogP contribution in [0.4, 0.5) is 0 Å². The van der Waals surface area contributed by atoms with E-state index >= 15 is 0 Å². The van der Waals surface area contributed by atoms with Crippen LogP contribution in [-0.4, -0.2) is 31.1 Å². The molecule has 2 aromatic heterocycles. The summed E-state index contributed by atoms with van der Waals surface area (Å²) in [5, 5.41) is 5.50. The Morgan fingerprint density at radius 1 is 1.24 bits per heavy atom. The molecule has 1 fully saturated rings. The Morgan fingerprint density at radius 3 is 2.82 bits per heavy atom. The molecule has 0 spiro atoms. The van der Waals surface area contributed by atoms with Crippen LogP contribution in [0.25, 0.3) is 0 Å². The number of thiophene rings is 2. The molecule has 1 N–H and O–H groups in total. The number of aryl methyl sites for hydroxylation is 1. The standard InChI is InChI=1S/C26H29NO4S2/c1-3-18-8-9-22(33-18)25-23(26(29)31-14-17-6-4-10-30-17)15(2)27-19-12-16(13-20(28)24(19)25)21-7-5-11-32-21/h5,7-9,11,16-17,25,27H,3-4,6,10,12-14H2,1-2H3/t16-,17+,25+/m0/s1. The number of carbonyl (C=O) groups excluding carboxylic acids is 2. The normalized spacial score (nSPS) is 25.3. The topological polar surface area (TPSA) is 64.6 Å². The van der Waals surface area contributed by atoms with Crippen molar-refractivity contribution in [3.63, 3.8) is 0 Å². The van der Waals surface area contributed by atoms with E-state index in [0.717, 1.165) is 54.1 Å². The highest BCUT2D eigenvalue weighted by Crippen LogP contribution is 2.47. The van der Waals surface area contributed by atoms with Crippen molar-refractivity contribution in [1.29, 1.82) is 0 Å². The highest BCUT2D eigenvalue weighted by Gasteiger charge is 2.42. The molecule has 0 radical (unpaired) electrons. The van der Waals surface area contributed by atoms with E-state index in [-0.39, 0.29) is 36.3 Å². The second-order valence-electron chi connectivity index (χ2n) is 8.92. The van der Waals surface area contributed by atoms with E-state index in [2.05, 4.69) is 35.8 Å². The average molecular weight is 484 g/mol. The molecule has 33 heavy (non-hydrogen) atoms. The second kappa shape index (κ2) is 9.57. The maximum absolute atomic E-state index is 13.6. The Kier molecular flexibility index (Phi) is 6.54. The molecule has 5 nitrogen and oxygen atoms in total. The lowest BCUT2D eigenvalue weighted by Crippen LogP contribution is -2.36. The van der Waals surface area contributed by atoms with Gasteiger partial charge in [0.25, 0.3) is 0 Å². The molecule has 2 aliphatic heterocycles. The van der Waals surface area contributed by atoms with Crippen molar-refractivity contribution in [2.45, 2.75) is 63.9 Å². The zero-order valence-corrected chi connectivity index (χ0v) is 20.7. The van der Waals surface area contributed by atoms with Gasteiger partial charge < -0.3 is 14.8 Å². The van der Waals surface area contributed by atoms with Gasteiger partial charge in [-0.1, -0.05) is 13.0 Å². The summed E-state index contributed by atoms with van der Waals surface area (Å²) in [6.45, 7) is 5.03. The Labute approximate surface area is 202 Å². The number of rotatable bonds is 6. The zero-order chi connectivity index (χ0) is 22.9. The zero-order valence-electron chi connectivity index (χ0n) is 19.0. The number of allylic oxidation sites excluding steroid dienone is 3. The molecule has 0 saturated carbocycles. The van der Waals surface area contributed by atoms with Gasteiger partial charge in [-0.3, -0.25) is 4.79 Å². The number of nitrogens with one attached hydrogen (secondary N) is 1. The summed E-state index contributed by atoms with van der Waals surface area (Å²) >= 11 is 3.38. The van der Waals surface area contributed by atoms with E-state index in [9.17, 15) is 9.59 Å². The quantitative estimate of drug-likeness (QED) is 0.553. The first-order valence-corrected chi connectivity index (χ1v) is 13.4. The molecular weight excluding hydrogens is 454 g/mol. The van der Waals surface area contributed by atoms with Crippen LogP contribution in [0.2, 0.25) is 0 Å². The summed E-state index contributed by atoms with van der Waals surface area (Å²) in [5.41, 5.74) is 3.03. The molecule has 3 aliphatic rings. The predicted octanol–water partition coefficient (Wildman–Crippen LogP) is 5.46. The van der Waals surface area contributed by atoms with Gasteiger partial charge in [-0.2, -0.15) is 0 Å². The van der Waals surface area contributed by atoms with Crippen LogP contribution in [0.1, 0.15) is 66.0 Å². The van der Waals surface area contributed by atoms with E-state index in [0.29, 0.717) is 12.0 Å². The van der Waals surface area contributed by atoms with Gasteiger partial charge in [-0.05, 0) is 56.2 Å². The summed E-state index contributed by atoms with van der Waals surface area (Å²) in [7, 11) is 0. The molecule has 3 atom stereocenters. The Balaban J connectivity index is 1.49. The number of hydrogen-bond donors (Lipinski definition) is 1. The van der Waals surface area contributed by atoms with E-state index in [4.69, 9.17) is 9.47 Å². The molecule has 0 unspecified atom stereocenters. The van der Waals surface area contributed by atoms with Crippen molar-refractivity contribution in [2.24, 2.45) is 0 Å². The minimum Gasteiger partial charge on any atom is -0.459 e. The number of esters is 1. The van der Waals surface area contributed by atoms with Gasteiger partial charge >= 0.3 is 5.97 Å². The lowest BCUT2D eigenvalue weighted by molar-refractivity contribution is -0.142. The Hall–Kier alpha value is -2.22. The van der Waals surface area contributed by atoms with Crippen molar-refractivity contribution < 1.29 is 19.1 Å². The molecule has 5 rings (SSSR count). The predicted molar refractivity (Wildman–Crippen MR) is 131 cm³/mol. The van der Waals surface area contributed by atoms with E-state index in [1.54, 1.807) is 22.7 Å². The SMILES string of the molecule is CCc1ccc([C@@H]2C(C(=O)OC[C@H]3CCCO3)=C(C)NC3=C2C(=O)C[C@@H](c2cccs2)C3)s1. The number of ether oxygens (including phenoxy) is 2. The highest BCUT2D eigenvalue weighted by molar-refractivity contribution is 7.12. The minimum atomic E-state index is -0.375. The van der Waals surface area contributed by atoms with Crippen LogP contribution in [0.5, 0.6) is 0 Å². The Morgan fingerprint density at radius 2 is 2.12 bits per heavy atom. The molecule has 174 valence electrons. The largest absolute Gasteiger partial charge is 0.459 e. The lowest BCUT2D eigenvalue weighted by Gasteiger charge is -2.36. The first kappa shape index (κ1) is 22.6. The molecule has 1 aliphatic carbocycles. The molecule has 1 saturated heterocycles. The van der Waals surface area contributed by atoms with Crippen molar-refractivity contribution in [2.75, 3.05) is 13.2 Å². The molecule has 7 heteroatoms. The van der Waals surface area contributed by atoms with Gasteiger partial charge in [0.05, 0.1) is 17.6 Å². The molecule has 0 bridgehead atoms. The summed E-state index contributed by atoms with van der Waals surface area (Å²) in [6.07, 6.45) is 4.06. The van der Waals surface area contributed by atoms with Gasteiger partial charge in [0, 0.05) is 50.5 Å².